The molecule has 1 aliphatic rings. The average molecular weight is 239 g/mol. The predicted octanol–water partition coefficient (Wildman–Crippen LogP) is 3.40. The Kier molecular flexibility index (Phi) is 3.82. The van der Waals surface area contributed by atoms with Gasteiger partial charge < -0.3 is 5.32 Å². The Bertz CT molecular complexity index is 346. The van der Waals surface area contributed by atoms with E-state index in [1.807, 2.05) is 12.1 Å². The van der Waals surface area contributed by atoms with Gasteiger partial charge in [-0.05, 0) is 24.3 Å². The third-order valence-electron chi connectivity index (χ3n) is 3.51. The van der Waals surface area contributed by atoms with E-state index >= 15 is 0 Å². The number of halogens is 1. The first-order chi connectivity index (χ1) is 7.70. The zero-order valence-corrected chi connectivity index (χ0v) is 10.6. The van der Waals surface area contributed by atoms with E-state index in [9.17, 15) is 0 Å². The van der Waals surface area contributed by atoms with Crippen molar-refractivity contribution in [2.45, 2.75) is 39.2 Å². The van der Waals surface area contributed by atoms with E-state index in [0.29, 0.717) is 10.6 Å². The van der Waals surface area contributed by atoms with E-state index in [2.05, 4.69) is 17.2 Å². The molecule has 1 aromatic heterocycles. The molecule has 0 radical (unpaired) electrons. The van der Waals surface area contributed by atoms with Gasteiger partial charge in [0.1, 0.15) is 5.15 Å². The van der Waals surface area contributed by atoms with Crippen LogP contribution in [0.25, 0.3) is 0 Å². The van der Waals surface area contributed by atoms with Crippen LogP contribution in [0.5, 0.6) is 0 Å². The molecule has 3 heteroatoms. The third-order valence-corrected chi connectivity index (χ3v) is 3.85. The quantitative estimate of drug-likeness (QED) is 0.814. The van der Waals surface area contributed by atoms with Gasteiger partial charge in [0.2, 0.25) is 0 Å². The molecule has 1 fully saturated rings. The molecule has 1 N–H and O–H groups in total. The van der Waals surface area contributed by atoms with Crippen LogP contribution in [0.1, 0.15) is 38.2 Å². The third kappa shape index (κ3) is 2.96. The molecule has 16 heavy (non-hydrogen) atoms. The Labute approximate surface area is 102 Å². The van der Waals surface area contributed by atoms with E-state index in [4.69, 9.17) is 11.6 Å². The number of hydrogen-bond donors (Lipinski definition) is 1. The number of hydrogen-bond acceptors (Lipinski definition) is 2. The molecule has 0 aromatic carbocycles. The van der Waals surface area contributed by atoms with E-state index in [1.54, 1.807) is 6.20 Å². The predicted molar refractivity (Wildman–Crippen MR) is 67.5 cm³/mol. The standard InChI is InChI=1S/C13H19ClN2/c1-13(6-2-3-7-13)10-15-9-11-5-4-8-16-12(11)14/h4-5,8,15H,2-3,6-7,9-10H2,1H3. The summed E-state index contributed by atoms with van der Waals surface area (Å²) < 4.78 is 0. The summed E-state index contributed by atoms with van der Waals surface area (Å²) in [7, 11) is 0. The molecule has 0 unspecified atom stereocenters. The van der Waals surface area contributed by atoms with Gasteiger partial charge in [-0.15, -0.1) is 0 Å². The van der Waals surface area contributed by atoms with Crippen LogP contribution in [0.3, 0.4) is 0 Å². The first kappa shape index (κ1) is 11.9. The average Bonchev–Trinajstić information content (AvgIpc) is 2.68. The second-order valence-corrected chi connectivity index (χ2v) is 5.43. The van der Waals surface area contributed by atoms with Gasteiger partial charge in [-0.25, -0.2) is 4.98 Å². The number of nitrogens with one attached hydrogen (secondary N) is 1. The van der Waals surface area contributed by atoms with Crippen LogP contribution in [-0.4, -0.2) is 11.5 Å². The molecule has 0 bridgehead atoms. The van der Waals surface area contributed by atoms with Gasteiger partial charge in [0, 0.05) is 24.8 Å². The van der Waals surface area contributed by atoms with Crippen LogP contribution in [0.4, 0.5) is 0 Å². The SMILES string of the molecule is CC1(CNCc2cccnc2Cl)CCCC1. The van der Waals surface area contributed by atoms with Gasteiger partial charge in [0.05, 0.1) is 0 Å². The molecular formula is C13H19ClN2. The van der Waals surface area contributed by atoms with E-state index in [0.717, 1.165) is 18.7 Å². The molecule has 2 rings (SSSR count). The molecular weight excluding hydrogens is 220 g/mol. The molecule has 0 amide bonds. The highest BCUT2D eigenvalue weighted by molar-refractivity contribution is 6.30. The van der Waals surface area contributed by atoms with Crippen LogP contribution in [0.2, 0.25) is 5.15 Å². The zero-order chi connectivity index (χ0) is 11.4. The molecule has 1 heterocycles. The highest BCUT2D eigenvalue weighted by Gasteiger charge is 2.27. The summed E-state index contributed by atoms with van der Waals surface area (Å²) in [6.45, 7) is 4.28. The van der Waals surface area contributed by atoms with E-state index in [-0.39, 0.29) is 0 Å². The molecule has 0 aliphatic heterocycles. The zero-order valence-electron chi connectivity index (χ0n) is 9.80. The normalized spacial score (nSPS) is 18.9. The minimum absolute atomic E-state index is 0.495. The lowest BCUT2D eigenvalue weighted by Gasteiger charge is -2.23. The van der Waals surface area contributed by atoms with Crippen molar-refractivity contribution in [2.75, 3.05) is 6.54 Å². The maximum atomic E-state index is 6.00. The van der Waals surface area contributed by atoms with Gasteiger partial charge in [-0.2, -0.15) is 0 Å². The Balaban J connectivity index is 1.82. The molecule has 1 saturated carbocycles. The van der Waals surface area contributed by atoms with Crippen LogP contribution >= 0.6 is 11.6 Å². The fourth-order valence-electron chi connectivity index (χ4n) is 2.46. The van der Waals surface area contributed by atoms with Crippen LogP contribution in [-0.2, 0) is 6.54 Å². The largest absolute Gasteiger partial charge is 0.312 e. The number of pyridine rings is 1. The molecule has 2 nitrogen and oxygen atoms in total. The van der Waals surface area contributed by atoms with E-state index < -0.39 is 0 Å². The molecule has 1 aliphatic carbocycles. The number of aromatic nitrogens is 1. The molecule has 0 saturated heterocycles. The summed E-state index contributed by atoms with van der Waals surface area (Å²) in [6.07, 6.45) is 7.18. The fraction of sp³-hybridized carbons (Fsp3) is 0.615. The summed E-state index contributed by atoms with van der Waals surface area (Å²) >= 11 is 6.00. The molecule has 0 atom stereocenters. The van der Waals surface area contributed by atoms with Crippen molar-refractivity contribution in [3.63, 3.8) is 0 Å². The van der Waals surface area contributed by atoms with E-state index in [1.165, 1.54) is 25.7 Å². The highest BCUT2D eigenvalue weighted by atomic mass is 35.5. The summed E-state index contributed by atoms with van der Waals surface area (Å²) in [5.41, 5.74) is 1.58. The Hall–Kier alpha value is -0.600. The second kappa shape index (κ2) is 5.15. The van der Waals surface area contributed by atoms with Gasteiger partial charge >= 0.3 is 0 Å². The van der Waals surface area contributed by atoms with Gasteiger partial charge in [-0.1, -0.05) is 37.4 Å². The highest BCUT2D eigenvalue weighted by Crippen LogP contribution is 2.36. The monoisotopic (exact) mass is 238 g/mol. The van der Waals surface area contributed by atoms with Crippen LogP contribution in [0, 0.1) is 5.41 Å². The fourth-order valence-corrected chi connectivity index (χ4v) is 2.64. The van der Waals surface area contributed by atoms with Crippen molar-refractivity contribution in [3.05, 3.63) is 29.0 Å². The first-order valence-electron chi connectivity index (χ1n) is 6.00. The van der Waals surface area contributed by atoms with Crippen molar-refractivity contribution < 1.29 is 0 Å². The Morgan fingerprint density at radius 3 is 2.88 bits per heavy atom. The molecule has 1 aromatic rings. The number of nitrogens with zero attached hydrogens (tertiary/aromatic N) is 1. The summed E-state index contributed by atoms with van der Waals surface area (Å²) in [5, 5.41) is 4.12. The van der Waals surface area contributed by atoms with Crippen molar-refractivity contribution >= 4 is 11.6 Å². The summed E-state index contributed by atoms with van der Waals surface area (Å²) in [6, 6.07) is 3.96. The topological polar surface area (TPSA) is 24.9 Å². The minimum Gasteiger partial charge on any atom is -0.312 e. The lowest BCUT2D eigenvalue weighted by Crippen LogP contribution is -2.29. The first-order valence-corrected chi connectivity index (χ1v) is 6.38. The van der Waals surface area contributed by atoms with Crippen molar-refractivity contribution in [2.24, 2.45) is 5.41 Å². The summed E-state index contributed by atoms with van der Waals surface area (Å²) in [4.78, 5) is 4.07. The lowest BCUT2D eigenvalue weighted by atomic mass is 9.89. The van der Waals surface area contributed by atoms with Crippen molar-refractivity contribution in [1.29, 1.82) is 0 Å². The lowest BCUT2D eigenvalue weighted by molar-refractivity contribution is 0.314. The van der Waals surface area contributed by atoms with Gasteiger partial charge in [0.15, 0.2) is 0 Å². The van der Waals surface area contributed by atoms with Crippen LogP contribution < -0.4 is 5.32 Å². The van der Waals surface area contributed by atoms with Gasteiger partial charge in [0.25, 0.3) is 0 Å². The Morgan fingerprint density at radius 1 is 1.44 bits per heavy atom. The maximum absolute atomic E-state index is 6.00. The summed E-state index contributed by atoms with van der Waals surface area (Å²) in [5.74, 6) is 0. The molecule has 88 valence electrons. The Morgan fingerprint density at radius 2 is 2.19 bits per heavy atom. The molecule has 0 spiro atoms. The van der Waals surface area contributed by atoms with Gasteiger partial charge in [-0.3, -0.25) is 0 Å². The van der Waals surface area contributed by atoms with Crippen LogP contribution in [0.15, 0.2) is 18.3 Å². The maximum Gasteiger partial charge on any atom is 0.133 e. The second-order valence-electron chi connectivity index (χ2n) is 5.07. The number of rotatable bonds is 4. The smallest absolute Gasteiger partial charge is 0.133 e. The van der Waals surface area contributed by atoms with Crippen molar-refractivity contribution in [1.82, 2.24) is 10.3 Å². The van der Waals surface area contributed by atoms with Crippen molar-refractivity contribution in [3.8, 4) is 0 Å². The minimum atomic E-state index is 0.495.